The summed E-state index contributed by atoms with van der Waals surface area (Å²) in [7, 11) is 0. The SMILES string of the molecule is Cc1c(CN2C[C@@H]3CC[C@H](CC(O)C3)C2)cn2ncnc(N[C@H](CO)c3ccccc3)c12. The smallest absolute Gasteiger partial charge is 0.154 e. The molecule has 1 aromatic carbocycles. The van der Waals surface area contributed by atoms with E-state index in [1.807, 2.05) is 34.8 Å². The van der Waals surface area contributed by atoms with Gasteiger partial charge >= 0.3 is 0 Å². The van der Waals surface area contributed by atoms with Crippen LogP contribution in [0.25, 0.3) is 5.52 Å². The summed E-state index contributed by atoms with van der Waals surface area (Å²) in [5.41, 5.74) is 4.42. The van der Waals surface area contributed by atoms with Gasteiger partial charge in [-0.05, 0) is 61.1 Å². The summed E-state index contributed by atoms with van der Waals surface area (Å²) in [5, 5.41) is 28.1. The third-order valence-electron chi connectivity index (χ3n) is 7.25. The molecule has 1 saturated carbocycles. The number of aromatic nitrogens is 3. The van der Waals surface area contributed by atoms with Gasteiger partial charge in [0.15, 0.2) is 5.82 Å². The molecule has 3 N–H and O–H groups in total. The molecule has 2 aromatic heterocycles. The Kier molecular flexibility index (Phi) is 6.13. The molecule has 170 valence electrons. The summed E-state index contributed by atoms with van der Waals surface area (Å²) in [6.07, 6.45) is 7.89. The van der Waals surface area contributed by atoms with E-state index in [0.29, 0.717) is 11.8 Å². The number of aryl methyl sites for hydroxylation is 1. The molecular formula is C25H33N5O2. The quantitative estimate of drug-likeness (QED) is 0.551. The Morgan fingerprint density at radius 1 is 1.12 bits per heavy atom. The summed E-state index contributed by atoms with van der Waals surface area (Å²) in [5.74, 6) is 1.91. The maximum atomic E-state index is 10.3. The molecule has 1 saturated heterocycles. The van der Waals surface area contributed by atoms with Crippen LogP contribution in [0.5, 0.6) is 0 Å². The molecule has 0 radical (unpaired) electrons. The highest BCUT2D eigenvalue weighted by Crippen LogP contribution is 2.34. The highest BCUT2D eigenvalue weighted by atomic mass is 16.3. The normalized spacial score (nSPS) is 23.2. The van der Waals surface area contributed by atoms with Gasteiger partial charge in [-0.3, -0.25) is 4.90 Å². The predicted molar refractivity (Wildman–Crippen MR) is 124 cm³/mol. The van der Waals surface area contributed by atoms with E-state index in [9.17, 15) is 10.2 Å². The molecule has 0 unspecified atom stereocenters. The fourth-order valence-electron chi connectivity index (χ4n) is 5.64. The number of fused-ring (bicyclic) bond motifs is 4. The van der Waals surface area contributed by atoms with Gasteiger partial charge in [-0.25, -0.2) is 9.50 Å². The van der Waals surface area contributed by atoms with E-state index < -0.39 is 0 Å². The molecule has 3 aromatic rings. The zero-order valence-corrected chi connectivity index (χ0v) is 18.7. The van der Waals surface area contributed by atoms with Crippen molar-refractivity contribution in [1.82, 2.24) is 19.5 Å². The Bertz CT molecular complexity index is 1040. The van der Waals surface area contributed by atoms with Crippen molar-refractivity contribution in [2.24, 2.45) is 11.8 Å². The second kappa shape index (κ2) is 9.17. The van der Waals surface area contributed by atoms with Crippen LogP contribution in [0, 0.1) is 18.8 Å². The number of likely N-dealkylation sites (tertiary alicyclic amines) is 1. The van der Waals surface area contributed by atoms with Gasteiger partial charge in [0, 0.05) is 25.8 Å². The maximum absolute atomic E-state index is 10.3. The fourth-order valence-corrected chi connectivity index (χ4v) is 5.64. The molecular weight excluding hydrogens is 402 g/mol. The van der Waals surface area contributed by atoms with Crippen molar-refractivity contribution < 1.29 is 10.2 Å². The third-order valence-corrected chi connectivity index (χ3v) is 7.25. The topological polar surface area (TPSA) is 85.9 Å². The highest BCUT2D eigenvalue weighted by molar-refractivity contribution is 5.73. The van der Waals surface area contributed by atoms with Crippen LogP contribution in [0.4, 0.5) is 5.82 Å². The van der Waals surface area contributed by atoms with Crippen LogP contribution >= 0.6 is 0 Å². The number of aliphatic hydroxyl groups is 2. The van der Waals surface area contributed by atoms with Crippen molar-refractivity contribution in [2.75, 3.05) is 25.0 Å². The van der Waals surface area contributed by atoms with Crippen molar-refractivity contribution >= 4 is 11.3 Å². The molecule has 1 aliphatic carbocycles. The molecule has 32 heavy (non-hydrogen) atoms. The number of aliphatic hydroxyl groups excluding tert-OH is 2. The van der Waals surface area contributed by atoms with Gasteiger partial charge in [-0.1, -0.05) is 30.3 Å². The van der Waals surface area contributed by atoms with Gasteiger partial charge in [-0.15, -0.1) is 0 Å². The van der Waals surface area contributed by atoms with Gasteiger partial charge in [0.05, 0.1) is 18.8 Å². The van der Waals surface area contributed by atoms with Crippen molar-refractivity contribution in [3.8, 4) is 0 Å². The third kappa shape index (κ3) is 4.37. The molecule has 7 heteroatoms. The lowest BCUT2D eigenvalue weighted by atomic mass is 9.96. The molecule has 2 bridgehead atoms. The van der Waals surface area contributed by atoms with Crippen LogP contribution < -0.4 is 5.32 Å². The summed E-state index contributed by atoms with van der Waals surface area (Å²) in [6.45, 7) is 5.11. The first-order chi connectivity index (χ1) is 15.6. The zero-order chi connectivity index (χ0) is 22.1. The molecule has 0 spiro atoms. The predicted octanol–water partition coefficient (Wildman–Crippen LogP) is 3.17. The Morgan fingerprint density at radius 3 is 2.53 bits per heavy atom. The summed E-state index contributed by atoms with van der Waals surface area (Å²) < 4.78 is 1.90. The monoisotopic (exact) mass is 435 g/mol. The van der Waals surface area contributed by atoms with Crippen LogP contribution in [0.2, 0.25) is 0 Å². The molecule has 7 nitrogen and oxygen atoms in total. The summed E-state index contributed by atoms with van der Waals surface area (Å²) in [6, 6.07) is 9.72. The molecule has 3 heterocycles. The first-order valence-corrected chi connectivity index (χ1v) is 11.7. The number of hydrogen-bond acceptors (Lipinski definition) is 6. The van der Waals surface area contributed by atoms with E-state index in [4.69, 9.17) is 0 Å². The Morgan fingerprint density at radius 2 is 1.84 bits per heavy atom. The minimum atomic E-state index is -0.232. The van der Waals surface area contributed by atoms with Crippen LogP contribution in [0.1, 0.15) is 48.4 Å². The van der Waals surface area contributed by atoms with Gasteiger partial charge in [0.25, 0.3) is 0 Å². The number of hydrogen-bond donors (Lipinski definition) is 3. The number of nitrogens with zero attached hydrogens (tertiary/aromatic N) is 4. The number of anilines is 1. The molecule has 3 atom stereocenters. The lowest BCUT2D eigenvalue weighted by Gasteiger charge is -2.30. The number of nitrogens with one attached hydrogen (secondary N) is 1. The molecule has 1 aliphatic heterocycles. The van der Waals surface area contributed by atoms with E-state index in [1.165, 1.54) is 24.0 Å². The minimum Gasteiger partial charge on any atom is -0.394 e. The molecule has 2 aliphatic rings. The van der Waals surface area contributed by atoms with Crippen molar-refractivity contribution in [1.29, 1.82) is 0 Å². The lowest BCUT2D eigenvalue weighted by Crippen LogP contribution is -2.35. The van der Waals surface area contributed by atoms with E-state index >= 15 is 0 Å². The summed E-state index contributed by atoms with van der Waals surface area (Å²) in [4.78, 5) is 7.08. The highest BCUT2D eigenvalue weighted by Gasteiger charge is 2.31. The molecule has 2 fully saturated rings. The first-order valence-electron chi connectivity index (χ1n) is 11.7. The largest absolute Gasteiger partial charge is 0.394 e. The van der Waals surface area contributed by atoms with Gasteiger partial charge in [-0.2, -0.15) is 5.10 Å². The lowest BCUT2D eigenvalue weighted by molar-refractivity contribution is 0.0853. The van der Waals surface area contributed by atoms with Crippen LogP contribution in [-0.2, 0) is 6.54 Å². The van der Waals surface area contributed by atoms with Gasteiger partial charge in [0.1, 0.15) is 11.8 Å². The van der Waals surface area contributed by atoms with Crippen LogP contribution in [0.15, 0.2) is 42.9 Å². The van der Waals surface area contributed by atoms with E-state index in [2.05, 4.69) is 33.4 Å². The zero-order valence-electron chi connectivity index (χ0n) is 18.7. The van der Waals surface area contributed by atoms with Gasteiger partial charge in [0.2, 0.25) is 0 Å². The first kappa shape index (κ1) is 21.4. The second-order valence-corrected chi connectivity index (χ2v) is 9.60. The number of benzene rings is 1. The average Bonchev–Trinajstić information content (AvgIpc) is 2.90. The minimum absolute atomic E-state index is 0.0187. The number of rotatable bonds is 6. The summed E-state index contributed by atoms with van der Waals surface area (Å²) >= 11 is 0. The fraction of sp³-hybridized carbons (Fsp3) is 0.520. The van der Waals surface area contributed by atoms with Crippen molar-refractivity contribution in [3.05, 3.63) is 59.5 Å². The Hall–Kier alpha value is -2.48. The Balaban J connectivity index is 1.40. The van der Waals surface area contributed by atoms with Crippen molar-refractivity contribution in [3.63, 3.8) is 0 Å². The average molecular weight is 436 g/mol. The van der Waals surface area contributed by atoms with E-state index in [-0.39, 0.29) is 18.8 Å². The van der Waals surface area contributed by atoms with Gasteiger partial charge < -0.3 is 15.5 Å². The molecule has 0 amide bonds. The van der Waals surface area contributed by atoms with E-state index in [1.54, 1.807) is 6.33 Å². The van der Waals surface area contributed by atoms with E-state index in [0.717, 1.165) is 49.4 Å². The Labute approximate surface area is 189 Å². The van der Waals surface area contributed by atoms with Crippen LogP contribution in [-0.4, -0.2) is 55.5 Å². The van der Waals surface area contributed by atoms with Crippen molar-refractivity contribution in [2.45, 2.75) is 51.3 Å². The molecule has 5 rings (SSSR count). The second-order valence-electron chi connectivity index (χ2n) is 9.60. The van der Waals surface area contributed by atoms with Crippen LogP contribution in [0.3, 0.4) is 0 Å². The standard InChI is InChI=1S/C25H33N5O2/c1-17-21(13-29-11-18-7-8-19(12-29)10-22(32)9-18)14-30-24(17)25(26-16-27-30)28-23(15-31)20-5-3-2-4-6-20/h2-6,14,16,18-19,22-23,31-32H,7-13,15H2,1H3,(H,26,27,28)/t18-,19-,23-/m1/s1. The maximum Gasteiger partial charge on any atom is 0.154 e.